The summed E-state index contributed by atoms with van der Waals surface area (Å²) in [5.41, 5.74) is -0.220. The summed E-state index contributed by atoms with van der Waals surface area (Å²) in [7, 11) is 0. The second-order valence-corrected chi connectivity index (χ2v) is 3.48. The number of carbonyl (C=O) groups is 1. The Hall–Kier alpha value is -1.83. The van der Waals surface area contributed by atoms with Gasteiger partial charge in [-0.25, -0.2) is 4.39 Å². The summed E-state index contributed by atoms with van der Waals surface area (Å²) >= 11 is 0. The van der Waals surface area contributed by atoms with Crippen molar-refractivity contribution < 1.29 is 32.6 Å². The topological polar surface area (TPSA) is 69.6 Å². The second kappa shape index (κ2) is 5.21. The first-order valence-corrected chi connectivity index (χ1v) is 4.72. The number of hydrogen-bond donors (Lipinski definition) is 3. The average Bonchev–Trinajstić information content (AvgIpc) is 2.21. The molecule has 0 radical (unpaired) electrons. The summed E-state index contributed by atoms with van der Waals surface area (Å²) < 4.78 is 48.9. The maximum atomic E-state index is 13.0. The summed E-state index contributed by atoms with van der Waals surface area (Å²) in [5, 5.41) is 19.4. The maximum Gasteiger partial charge on any atom is 0.401 e. The molecule has 0 spiro atoms. The number of phenolic OH excluding ortho intramolecular Hbond substituents is 1. The number of nitrogens with one attached hydrogen (secondary N) is 1. The molecule has 0 aliphatic rings. The Morgan fingerprint density at radius 2 is 2.00 bits per heavy atom. The third-order valence-electron chi connectivity index (χ3n) is 2.06. The predicted octanol–water partition coefficient (Wildman–Crippen LogP) is 1.81. The number of phenols is 1. The fourth-order valence-electron chi connectivity index (χ4n) is 1.27. The molecule has 1 atom stereocenters. The first-order valence-electron chi connectivity index (χ1n) is 4.72. The number of carboxylic acid groups (broad SMARTS) is 1. The molecule has 1 aromatic rings. The third kappa shape index (κ3) is 3.88. The molecule has 1 aromatic carbocycles. The molecule has 1 rings (SSSR count). The Labute approximate surface area is 98.9 Å². The minimum atomic E-state index is -4.58. The molecule has 0 fully saturated rings. The van der Waals surface area contributed by atoms with E-state index < -0.39 is 36.3 Å². The van der Waals surface area contributed by atoms with Gasteiger partial charge in [0.25, 0.3) is 0 Å². The largest absolute Gasteiger partial charge is 0.505 e. The first kappa shape index (κ1) is 14.2. The van der Waals surface area contributed by atoms with E-state index in [1.807, 2.05) is 0 Å². The minimum absolute atomic E-state index is 0.220. The molecule has 0 bridgehead atoms. The lowest BCUT2D eigenvalue weighted by molar-refractivity contribution is -0.143. The van der Waals surface area contributed by atoms with Crippen molar-refractivity contribution >= 4 is 5.97 Å². The molecule has 4 nitrogen and oxygen atoms in total. The lowest BCUT2D eigenvalue weighted by Crippen LogP contribution is -2.36. The van der Waals surface area contributed by atoms with Crippen LogP contribution in [0.3, 0.4) is 0 Å². The smallest absolute Gasteiger partial charge is 0.401 e. The highest BCUT2D eigenvalue weighted by molar-refractivity contribution is 5.75. The van der Waals surface area contributed by atoms with Crippen LogP contribution in [0.25, 0.3) is 0 Å². The van der Waals surface area contributed by atoms with Crippen LogP contribution < -0.4 is 5.32 Å². The van der Waals surface area contributed by atoms with Crippen LogP contribution in [0.15, 0.2) is 18.2 Å². The zero-order chi connectivity index (χ0) is 13.9. The maximum absolute atomic E-state index is 13.0. The summed E-state index contributed by atoms with van der Waals surface area (Å²) in [6, 6.07) is 0.857. The van der Waals surface area contributed by atoms with Crippen LogP contribution in [0.5, 0.6) is 5.75 Å². The van der Waals surface area contributed by atoms with Crippen LogP contribution in [-0.4, -0.2) is 28.9 Å². The molecule has 0 saturated heterocycles. The molecule has 1 unspecified atom stereocenters. The van der Waals surface area contributed by atoms with Gasteiger partial charge in [0, 0.05) is 0 Å². The number of carboxylic acids is 1. The van der Waals surface area contributed by atoms with Crippen molar-refractivity contribution in [3.63, 3.8) is 0 Å². The predicted molar refractivity (Wildman–Crippen MR) is 52.5 cm³/mol. The molecule has 0 aliphatic heterocycles. The summed E-state index contributed by atoms with van der Waals surface area (Å²) in [6.07, 6.45) is -4.58. The highest BCUT2D eigenvalue weighted by Crippen LogP contribution is 2.22. The molecule has 100 valence electrons. The van der Waals surface area contributed by atoms with Crippen molar-refractivity contribution in [1.82, 2.24) is 5.32 Å². The van der Waals surface area contributed by atoms with E-state index in [4.69, 9.17) is 10.2 Å². The molecule has 8 heteroatoms. The van der Waals surface area contributed by atoms with E-state index >= 15 is 0 Å². The molecule has 0 heterocycles. The van der Waals surface area contributed by atoms with Crippen molar-refractivity contribution in [3.05, 3.63) is 29.6 Å². The number of hydrogen-bond acceptors (Lipinski definition) is 3. The van der Waals surface area contributed by atoms with Gasteiger partial charge >= 0.3 is 12.1 Å². The molecule has 3 N–H and O–H groups in total. The van der Waals surface area contributed by atoms with Crippen molar-refractivity contribution in [1.29, 1.82) is 0 Å². The van der Waals surface area contributed by atoms with Crippen molar-refractivity contribution in [2.24, 2.45) is 0 Å². The van der Waals surface area contributed by atoms with Gasteiger partial charge in [0.15, 0.2) is 11.6 Å². The zero-order valence-corrected chi connectivity index (χ0v) is 8.83. The van der Waals surface area contributed by atoms with E-state index in [0.717, 1.165) is 12.1 Å². The van der Waals surface area contributed by atoms with Gasteiger partial charge < -0.3 is 10.2 Å². The Kier molecular flexibility index (Phi) is 4.12. The normalized spacial score (nSPS) is 13.3. The van der Waals surface area contributed by atoms with Crippen LogP contribution in [0.2, 0.25) is 0 Å². The van der Waals surface area contributed by atoms with Crippen molar-refractivity contribution in [2.75, 3.05) is 6.54 Å². The van der Waals surface area contributed by atoms with Gasteiger partial charge in [-0.3, -0.25) is 10.1 Å². The Balaban J connectivity index is 2.91. The molecular formula is C10H9F4NO3. The summed E-state index contributed by atoms with van der Waals surface area (Å²) in [6.45, 7) is -1.52. The third-order valence-corrected chi connectivity index (χ3v) is 2.06. The van der Waals surface area contributed by atoms with Crippen LogP contribution >= 0.6 is 0 Å². The second-order valence-electron chi connectivity index (χ2n) is 3.48. The summed E-state index contributed by atoms with van der Waals surface area (Å²) in [5.74, 6) is -3.39. The fraction of sp³-hybridized carbons (Fsp3) is 0.300. The van der Waals surface area contributed by atoms with E-state index in [2.05, 4.69) is 0 Å². The SMILES string of the molecule is O=C(O)C(NCC(F)(F)F)c1ccc(O)c(F)c1. The van der Waals surface area contributed by atoms with Gasteiger partial charge in [0.1, 0.15) is 6.04 Å². The average molecular weight is 267 g/mol. The Morgan fingerprint density at radius 3 is 2.44 bits per heavy atom. The van der Waals surface area contributed by atoms with Crippen molar-refractivity contribution in [2.45, 2.75) is 12.2 Å². The number of aliphatic carboxylic acids is 1. The number of benzene rings is 1. The van der Waals surface area contributed by atoms with Gasteiger partial charge in [-0.15, -0.1) is 0 Å². The lowest BCUT2D eigenvalue weighted by atomic mass is 10.1. The van der Waals surface area contributed by atoms with E-state index in [1.165, 1.54) is 0 Å². The van der Waals surface area contributed by atoms with E-state index in [1.54, 1.807) is 5.32 Å². The highest BCUT2D eigenvalue weighted by Gasteiger charge is 2.30. The van der Waals surface area contributed by atoms with Gasteiger partial charge in [-0.05, 0) is 17.7 Å². The lowest BCUT2D eigenvalue weighted by Gasteiger charge is -2.16. The molecule has 0 saturated carbocycles. The fourth-order valence-corrected chi connectivity index (χ4v) is 1.27. The number of aromatic hydroxyl groups is 1. The molecule has 0 amide bonds. The number of alkyl halides is 3. The van der Waals surface area contributed by atoms with Crippen LogP contribution in [0.1, 0.15) is 11.6 Å². The van der Waals surface area contributed by atoms with Gasteiger partial charge in [0.05, 0.1) is 6.54 Å². The standard InChI is InChI=1S/C10H9F4NO3/c11-6-3-5(1-2-7(6)16)8(9(17)18)15-4-10(12,13)14/h1-3,8,15-16H,4H2,(H,17,18). The van der Waals surface area contributed by atoms with E-state index in [0.29, 0.717) is 6.07 Å². The number of rotatable bonds is 4. The first-order chi connectivity index (χ1) is 8.20. The van der Waals surface area contributed by atoms with Crippen LogP contribution in [0.4, 0.5) is 17.6 Å². The van der Waals surface area contributed by atoms with Crippen LogP contribution in [0, 0.1) is 5.82 Å². The molecule has 0 aliphatic carbocycles. The molecular weight excluding hydrogens is 258 g/mol. The van der Waals surface area contributed by atoms with Gasteiger partial charge in [-0.1, -0.05) is 6.07 Å². The Bertz CT molecular complexity index is 447. The monoisotopic (exact) mass is 267 g/mol. The summed E-state index contributed by atoms with van der Waals surface area (Å²) in [4.78, 5) is 10.8. The van der Waals surface area contributed by atoms with E-state index in [-0.39, 0.29) is 5.56 Å². The molecule has 18 heavy (non-hydrogen) atoms. The minimum Gasteiger partial charge on any atom is -0.505 e. The number of halogens is 4. The van der Waals surface area contributed by atoms with Gasteiger partial charge in [-0.2, -0.15) is 13.2 Å². The highest BCUT2D eigenvalue weighted by atomic mass is 19.4. The van der Waals surface area contributed by atoms with Crippen LogP contribution in [-0.2, 0) is 4.79 Å². The van der Waals surface area contributed by atoms with Gasteiger partial charge in [0.2, 0.25) is 0 Å². The molecule has 0 aromatic heterocycles. The quantitative estimate of drug-likeness (QED) is 0.728. The Morgan fingerprint density at radius 1 is 1.39 bits per heavy atom. The van der Waals surface area contributed by atoms with E-state index in [9.17, 15) is 22.4 Å². The zero-order valence-electron chi connectivity index (χ0n) is 8.83. The van der Waals surface area contributed by atoms with Crippen molar-refractivity contribution in [3.8, 4) is 5.75 Å².